The number of halogens is 6. The maximum Gasteiger partial charge on any atom is 0.418 e. The molecule has 0 saturated heterocycles. The Morgan fingerprint density at radius 3 is 1.29 bits per heavy atom. The summed E-state index contributed by atoms with van der Waals surface area (Å²) in [7, 11) is 0. The topological polar surface area (TPSA) is 58.2 Å². The molecule has 0 saturated carbocycles. The second kappa shape index (κ2) is 8.15. The Bertz CT molecular complexity index is 830. The monoisotopic (exact) mass is 402 g/mol. The van der Waals surface area contributed by atoms with Gasteiger partial charge in [0.2, 0.25) is 11.8 Å². The average molecular weight is 402 g/mol. The highest BCUT2D eigenvalue weighted by Crippen LogP contribution is 2.35. The van der Waals surface area contributed by atoms with E-state index in [1.54, 1.807) is 0 Å². The van der Waals surface area contributed by atoms with Gasteiger partial charge in [-0.25, -0.2) is 0 Å². The Morgan fingerprint density at radius 2 is 0.964 bits per heavy atom. The van der Waals surface area contributed by atoms with E-state index in [0.717, 1.165) is 36.4 Å². The number of carbonyl (C=O) groups excluding carboxylic acids is 2. The molecule has 0 fully saturated rings. The Kier molecular flexibility index (Phi) is 6.12. The zero-order chi connectivity index (χ0) is 20.9. The lowest BCUT2D eigenvalue weighted by Crippen LogP contribution is -2.17. The third-order valence-corrected chi connectivity index (χ3v) is 3.37. The molecule has 0 unspecified atom stereocenters. The summed E-state index contributed by atoms with van der Waals surface area (Å²) in [5.41, 5.74) is -3.21. The van der Waals surface area contributed by atoms with Gasteiger partial charge in [0.05, 0.1) is 22.5 Å². The lowest BCUT2D eigenvalue weighted by atomic mass is 10.1. The number of amides is 2. The van der Waals surface area contributed by atoms with Gasteiger partial charge in [0.1, 0.15) is 0 Å². The van der Waals surface area contributed by atoms with Crippen molar-refractivity contribution in [2.24, 2.45) is 0 Å². The van der Waals surface area contributed by atoms with Gasteiger partial charge >= 0.3 is 12.4 Å². The van der Waals surface area contributed by atoms with E-state index in [9.17, 15) is 35.9 Å². The number of hydrogen-bond acceptors (Lipinski definition) is 2. The molecule has 0 atom stereocenters. The molecular formula is C18H12F6N2O2. The highest BCUT2D eigenvalue weighted by atomic mass is 19.4. The summed E-state index contributed by atoms with van der Waals surface area (Å²) in [6.45, 7) is 0. The van der Waals surface area contributed by atoms with Gasteiger partial charge < -0.3 is 10.6 Å². The van der Waals surface area contributed by atoms with Crippen LogP contribution in [0.15, 0.2) is 60.7 Å². The number of para-hydroxylation sites is 2. The minimum absolute atomic E-state index is 0.521. The molecule has 0 bridgehead atoms. The number of alkyl halides is 6. The van der Waals surface area contributed by atoms with E-state index in [-0.39, 0.29) is 0 Å². The van der Waals surface area contributed by atoms with Crippen LogP contribution in [0.2, 0.25) is 0 Å². The smallest absolute Gasteiger partial charge is 0.322 e. The van der Waals surface area contributed by atoms with Crippen LogP contribution in [0.25, 0.3) is 0 Å². The maximum atomic E-state index is 12.9. The van der Waals surface area contributed by atoms with E-state index in [1.165, 1.54) is 12.1 Å². The molecule has 0 aliphatic rings. The summed E-state index contributed by atoms with van der Waals surface area (Å²) < 4.78 is 77.2. The third kappa shape index (κ3) is 5.60. The molecule has 0 aliphatic carbocycles. The SMILES string of the molecule is O=C(/C=C/C(=O)Nc1ccccc1C(F)(F)F)Nc1ccccc1C(F)(F)F. The van der Waals surface area contributed by atoms with Crippen molar-refractivity contribution in [2.75, 3.05) is 10.6 Å². The van der Waals surface area contributed by atoms with Crippen molar-refractivity contribution >= 4 is 23.2 Å². The molecule has 148 valence electrons. The Hall–Kier alpha value is -3.30. The fourth-order valence-corrected chi connectivity index (χ4v) is 2.18. The Labute approximate surface area is 154 Å². The molecule has 2 aromatic rings. The number of benzene rings is 2. The molecule has 0 aliphatic heterocycles. The molecule has 2 rings (SSSR count). The van der Waals surface area contributed by atoms with Crippen LogP contribution in [-0.2, 0) is 21.9 Å². The first-order chi connectivity index (χ1) is 13.0. The van der Waals surface area contributed by atoms with Crippen molar-refractivity contribution in [2.45, 2.75) is 12.4 Å². The van der Waals surface area contributed by atoms with E-state index in [1.807, 2.05) is 10.6 Å². The second-order valence-corrected chi connectivity index (χ2v) is 5.40. The molecule has 2 amide bonds. The summed E-state index contributed by atoms with van der Waals surface area (Å²) in [6, 6.07) is 8.40. The third-order valence-electron chi connectivity index (χ3n) is 3.37. The van der Waals surface area contributed by atoms with Crippen molar-refractivity contribution in [1.29, 1.82) is 0 Å². The van der Waals surface area contributed by atoms with Crippen LogP contribution in [0.4, 0.5) is 37.7 Å². The minimum Gasteiger partial charge on any atom is -0.322 e. The number of carbonyl (C=O) groups is 2. The van der Waals surface area contributed by atoms with Crippen molar-refractivity contribution in [3.63, 3.8) is 0 Å². The molecule has 10 heteroatoms. The van der Waals surface area contributed by atoms with Crippen LogP contribution >= 0.6 is 0 Å². The molecule has 0 heterocycles. The summed E-state index contributed by atoms with van der Waals surface area (Å²) in [4.78, 5) is 23.5. The fourth-order valence-electron chi connectivity index (χ4n) is 2.18. The van der Waals surface area contributed by atoms with Crippen LogP contribution in [-0.4, -0.2) is 11.8 Å². The molecule has 4 nitrogen and oxygen atoms in total. The number of rotatable bonds is 4. The van der Waals surface area contributed by atoms with Gasteiger partial charge in [-0.05, 0) is 24.3 Å². The maximum absolute atomic E-state index is 12.9. The lowest BCUT2D eigenvalue weighted by Gasteiger charge is -2.13. The van der Waals surface area contributed by atoms with Crippen molar-refractivity contribution in [3.05, 3.63) is 71.8 Å². The zero-order valence-electron chi connectivity index (χ0n) is 13.9. The Morgan fingerprint density at radius 1 is 0.643 bits per heavy atom. The predicted molar refractivity (Wildman–Crippen MR) is 89.3 cm³/mol. The quantitative estimate of drug-likeness (QED) is 0.567. The molecule has 28 heavy (non-hydrogen) atoms. The second-order valence-electron chi connectivity index (χ2n) is 5.40. The van der Waals surface area contributed by atoms with Crippen LogP contribution < -0.4 is 10.6 Å². The van der Waals surface area contributed by atoms with Gasteiger partial charge in [0.15, 0.2) is 0 Å². The lowest BCUT2D eigenvalue weighted by molar-refractivity contribution is -0.137. The molecule has 0 aromatic heterocycles. The zero-order valence-corrected chi connectivity index (χ0v) is 13.9. The summed E-state index contributed by atoms with van der Waals surface area (Å²) in [6.07, 6.45) is -8.18. The highest BCUT2D eigenvalue weighted by Gasteiger charge is 2.34. The van der Waals surface area contributed by atoms with Crippen LogP contribution in [0.5, 0.6) is 0 Å². The highest BCUT2D eigenvalue weighted by molar-refractivity contribution is 6.07. The van der Waals surface area contributed by atoms with Crippen LogP contribution in [0.1, 0.15) is 11.1 Å². The normalized spacial score (nSPS) is 12.1. The minimum atomic E-state index is -4.70. The fraction of sp³-hybridized carbons (Fsp3) is 0.111. The van der Waals surface area contributed by atoms with Crippen LogP contribution in [0, 0.1) is 0 Å². The number of anilines is 2. The Balaban J connectivity index is 2.08. The van der Waals surface area contributed by atoms with Gasteiger partial charge in [-0.1, -0.05) is 24.3 Å². The largest absolute Gasteiger partial charge is 0.418 e. The van der Waals surface area contributed by atoms with Crippen molar-refractivity contribution < 1.29 is 35.9 Å². The first kappa shape index (κ1) is 21.0. The molecule has 0 spiro atoms. The summed E-state index contributed by atoms with van der Waals surface area (Å²) in [5.74, 6) is -2.12. The van der Waals surface area contributed by atoms with E-state index >= 15 is 0 Å². The van der Waals surface area contributed by atoms with Gasteiger partial charge in [0.25, 0.3) is 0 Å². The van der Waals surface area contributed by atoms with E-state index in [4.69, 9.17) is 0 Å². The molecular weight excluding hydrogens is 390 g/mol. The predicted octanol–water partition coefficient (Wildman–Crippen LogP) is 4.86. The van der Waals surface area contributed by atoms with Crippen molar-refractivity contribution in [1.82, 2.24) is 0 Å². The molecule has 2 N–H and O–H groups in total. The summed E-state index contributed by atoms with van der Waals surface area (Å²) in [5, 5.41) is 3.93. The van der Waals surface area contributed by atoms with E-state index in [0.29, 0.717) is 12.2 Å². The first-order valence-corrected chi connectivity index (χ1v) is 7.61. The van der Waals surface area contributed by atoms with E-state index < -0.39 is 46.7 Å². The molecule has 2 aromatic carbocycles. The van der Waals surface area contributed by atoms with Gasteiger partial charge in [-0.3, -0.25) is 9.59 Å². The summed E-state index contributed by atoms with van der Waals surface area (Å²) >= 11 is 0. The number of nitrogens with one attached hydrogen (secondary N) is 2. The van der Waals surface area contributed by atoms with Crippen molar-refractivity contribution in [3.8, 4) is 0 Å². The van der Waals surface area contributed by atoms with Gasteiger partial charge in [0, 0.05) is 12.2 Å². The van der Waals surface area contributed by atoms with Gasteiger partial charge in [-0.2, -0.15) is 26.3 Å². The number of hydrogen-bond donors (Lipinski definition) is 2. The van der Waals surface area contributed by atoms with E-state index in [2.05, 4.69) is 0 Å². The molecule has 0 radical (unpaired) electrons. The van der Waals surface area contributed by atoms with Crippen LogP contribution in [0.3, 0.4) is 0 Å². The standard InChI is InChI=1S/C18H12F6N2O2/c19-17(20,21)11-5-1-3-7-13(11)25-15(27)9-10-16(28)26-14-8-4-2-6-12(14)18(22,23)24/h1-10H,(H,25,27)(H,26,28)/b10-9+. The first-order valence-electron chi connectivity index (χ1n) is 7.61. The van der Waals surface area contributed by atoms with Gasteiger partial charge in [-0.15, -0.1) is 0 Å². The average Bonchev–Trinajstić information content (AvgIpc) is 2.59.